The maximum Gasteiger partial charge on any atom is 0.271 e. The van der Waals surface area contributed by atoms with Crippen LogP contribution in [-0.4, -0.2) is 12.1 Å². The lowest BCUT2D eigenvalue weighted by molar-refractivity contribution is 0.0955. The maximum absolute atomic E-state index is 12.2. The summed E-state index contributed by atoms with van der Waals surface area (Å²) < 4.78 is 0. The number of carbonyl (C=O) groups is 1. The van der Waals surface area contributed by atoms with Gasteiger partial charge in [0.1, 0.15) is 0 Å². The third-order valence-electron chi connectivity index (χ3n) is 4.30. The molecule has 4 aromatic carbocycles. The molecule has 4 heteroatoms. The van der Waals surface area contributed by atoms with E-state index in [1.54, 1.807) is 18.3 Å². The summed E-state index contributed by atoms with van der Waals surface area (Å²) in [4.78, 5) is 12.2. The second kappa shape index (κ2) is 6.98. The van der Waals surface area contributed by atoms with Gasteiger partial charge in [0.2, 0.25) is 0 Å². The predicted molar refractivity (Wildman–Crippen MR) is 108 cm³/mol. The number of amides is 1. The Morgan fingerprint density at radius 2 is 1.27 bits per heavy atom. The third-order valence-corrected chi connectivity index (χ3v) is 4.71. The van der Waals surface area contributed by atoms with E-state index in [4.69, 9.17) is 11.6 Å². The first-order valence-electron chi connectivity index (χ1n) is 8.23. The van der Waals surface area contributed by atoms with Gasteiger partial charge in [0.25, 0.3) is 5.91 Å². The summed E-state index contributed by atoms with van der Waals surface area (Å²) in [6.45, 7) is 0. The van der Waals surface area contributed by atoms with Crippen LogP contribution in [0.2, 0.25) is 5.02 Å². The molecule has 0 fully saturated rings. The lowest BCUT2D eigenvalue weighted by Crippen LogP contribution is -2.17. The topological polar surface area (TPSA) is 41.5 Å². The van der Waals surface area contributed by atoms with E-state index in [1.807, 2.05) is 66.7 Å². The van der Waals surface area contributed by atoms with Gasteiger partial charge in [0.15, 0.2) is 0 Å². The lowest BCUT2D eigenvalue weighted by Gasteiger charge is -2.10. The van der Waals surface area contributed by atoms with E-state index < -0.39 is 0 Å². The molecule has 4 rings (SSSR count). The molecular weight excluding hydrogens is 344 g/mol. The summed E-state index contributed by atoms with van der Waals surface area (Å²) in [5.41, 5.74) is 4.08. The van der Waals surface area contributed by atoms with Crippen molar-refractivity contribution < 1.29 is 4.79 Å². The van der Waals surface area contributed by atoms with E-state index in [2.05, 4.69) is 10.5 Å². The van der Waals surface area contributed by atoms with Crippen molar-refractivity contribution >= 4 is 45.3 Å². The molecule has 0 saturated heterocycles. The number of fused-ring (bicyclic) bond motifs is 2. The molecule has 0 bridgehead atoms. The van der Waals surface area contributed by atoms with Gasteiger partial charge in [-0.25, -0.2) is 5.43 Å². The highest BCUT2D eigenvalue weighted by Crippen LogP contribution is 2.35. The van der Waals surface area contributed by atoms with Gasteiger partial charge >= 0.3 is 0 Å². The smallest absolute Gasteiger partial charge is 0.267 e. The van der Waals surface area contributed by atoms with Crippen LogP contribution in [-0.2, 0) is 0 Å². The van der Waals surface area contributed by atoms with E-state index in [9.17, 15) is 4.79 Å². The van der Waals surface area contributed by atoms with Crippen LogP contribution in [0.4, 0.5) is 0 Å². The first-order valence-corrected chi connectivity index (χ1v) is 8.61. The molecule has 1 amide bonds. The Kier molecular flexibility index (Phi) is 4.38. The lowest BCUT2D eigenvalue weighted by atomic mass is 9.97. The number of nitrogens with zero attached hydrogens (tertiary/aromatic N) is 1. The highest BCUT2D eigenvalue weighted by Gasteiger charge is 2.11. The molecule has 1 N–H and O–H groups in total. The summed E-state index contributed by atoms with van der Waals surface area (Å²) in [6.07, 6.45) is 1.68. The number of hydrogen-bond acceptors (Lipinski definition) is 2. The van der Waals surface area contributed by atoms with Crippen molar-refractivity contribution in [1.29, 1.82) is 0 Å². The van der Waals surface area contributed by atoms with E-state index in [1.165, 1.54) is 0 Å². The van der Waals surface area contributed by atoms with Gasteiger partial charge in [-0.1, -0.05) is 78.3 Å². The third kappa shape index (κ3) is 2.93. The second-order valence-corrected chi connectivity index (χ2v) is 6.26. The summed E-state index contributed by atoms with van der Waals surface area (Å²) >= 11 is 6.60. The maximum atomic E-state index is 12.2. The first-order chi connectivity index (χ1) is 12.8. The molecule has 0 aromatic heterocycles. The molecule has 0 aliphatic rings. The highest BCUT2D eigenvalue weighted by molar-refractivity contribution is 6.42. The van der Waals surface area contributed by atoms with E-state index in [-0.39, 0.29) is 5.91 Å². The minimum Gasteiger partial charge on any atom is -0.267 e. The molecule has 0 aliphatic heterocycles. The van der Waals surface area contributed by atoms with Crippen molar-refractivity contribution in [2.45, 2.75) is 0 Å². The molecule has 0 atom stereocenters. The van der Waals surface area contributed by atoms with E-state index in [0.717, 1.165) is 32.1 Å². The van der Waals surface area contributed by atoms with Gasteiger partial charge in [-0.15, -0.1) is 0 Å². The molecule has 4 aromatic rings. The number of benzene rings is 4. The Bertz CT molecular complexity index is 1080. The summed E-state index contributed by atoms with van der Waals surface area (Å²) in [5, 5.41) is 8.82. The molecule has 126 valence electrons. The molecule has 0 radical (unpaired) electrons. The fourth-order valence-corrected chi connectivity index (χ4v) is 3.39. The van der Waals surface area contributed by atoms with E-state index >= 15 is 0 Å². The molecule has 0 spiro atoms. The Morgan fingerprint density at radius 1 is 0.769 bits per heavy atom. The predicted octanol–water partition coefficient (Wildman–Crippen LogP) is 5.41. The molecule has 0 saturated carbocycles. The average Bonchev–Trinajstić information content (AvgIpc) is 2.71. The van der Waals surface area contributed by atoms with Crippen LogP contribution in [0.3, 0.4) is 0 Å². The largest absolute Gasteiger partial charge is 0.271 e. The van der Waals surface area contributed by atoms with Crippen molar-refractivity contribution in [2.24, 2.45) is 5.10 Å². The van der Waals surface area contributed by atoms with Gasteiger partial charge in [-0.05, 0) is 22.9 Å². The number of hydrazone groups is 1. The second-order valence-electron chi connectivity index (χ2n) is 5.88. The van der Waals surface area contributed by atoms with Gasteiger partial charge in [0.05, 0.1) is 11.2 Å². The summed E-state index contributed by atoms with van der Waals surface area (Å²) in [6, 6.07) is 24.8. The van der Waals surface area contributed by atoms with Crippen LogP contribution >= 0.6 is 11.6 Å². The minimum atomic E-state index is -0.246. The van der Waals surface area contributed by atoms with E-state index in [0.29, 0.717) is 5.56 Å². The Morgan fingerprint density at radius 3 is 1.85 bits per heavy atom. The van der Waals surface area contributed by atoms with Gasteiger partial charge in [-0.2, -0.15) is 5.10 Å². The zero-order valence-electron chi connectivity index (χ0n) is 13.8. The Hall–Kier alpha value is -3.17. The minimum absolute atomic E-state index is 0.246. The highest BCUT2D eigenvalue weighted by atomic mass is 35.5. The van der Waals surface area contributed by atoms with Gasteiger partial charge in [-0.3, -0.25) is 4.79 Å². The van der Waals surface area contributed by atoms with Gasteiger partial charge in [0, 0.05) is 21.9 Å². The summed E-state index contributed by atoms with van der Waals surface area (Å²) in [5.74, 6) is -0.246. The van der Waals surface area contributed by atoms with Crippen molar-refractivity contribution in [3.63, 3.8) is 0 Å². The number of nitrogens with one attached hydrogen (secondary N) is 1. The first kappa shape index (κ1) is 16.3. The molecule has 0 heterocycles. The molecule has 0 aliphatic carbocycles. The Balaban J connectivity index is 1.78. The molecular formula is C22H15ClN2O. The average molecular weight is 359 g/mol. The van der Waals surface area contributed by atoms with Crippen molar-refractivity contribution in [3.05, 3.63) is 95.0 Å². The van der Waals surface area contributed by atoms with Gasteiger partial charge < -0.3 is 0 Å². The standard InChI is InChI=1S/C22H15ClN2O/c23-21-18-12-6-4-10-16(18)20(17-11-5-7-13-19(17)21)14-24-25-22(26)15-8-2-1-3-9-15/h1-14H,(H,25,26)/b24-14-. The number of carbonyl (C=O) groups excluding carboxylic acids is 1. The van der Waals surface area contributed by atoms with Crippen LogP contribution in [0.1, 0.15) is 15.9 Å². The quantitative estimate of drug-likeness (QED) is 0.297. The normalized spacial score (nSPS) is 11.3. The van der Waals surface area contributed by atoms with Crippen LogP contribution in [0, 0.1) is 0 Å². The number of halogens is 1. The molecule has 0 unspecified atom stereocenters. The SMILES string of the molecule is O=C(N/N=C\c1c2ccccc2c(Cl)c2ccccc12)c1ccccc1. The Labute approximate surface area is 155 Å². The fourth-order valence-electron chi connectivity index (χ4n) is 3.06. The van der Waals surface area contributed by atoms with Crippen molar-refractivity contribution in [3.8, 4) is 0 Å². The monoisotopic (exact) mass is 358 g/mol. The zero-order valence-corrected chi connectivity index (χ0v) is 14.6. The van der Waals surface area contributed by atoms with Crippen LogP contribution < -0.4 is 5.43 Å². The number of rotatable bonds is 3. The summed E-state index contributed by atoms with van der Waals surface area (Å²) in [7, 11) is 0. The van der Waals surface area contributed by atoms with Crippen molar-refractivity contribution in [1.82, 2.24) is 5.43 Å². The molecule has 3 nitrogen and oxygen atoms in total. The van der Waals surface area contributed by atoms with Crippen LogP contribution in [0.25, 0.3) is 21.5 Å². The van der Waals surface area contributed by atoms with Crippen LogP contribution in [0.15, 0.2) is 84.0 Å². The van der Waals surface area contributed by atoms with Crippen LogP contribution in [0.5, 0.6) is 0 Å². The fraction of sp³-hybridized carbons (Fsp3) is 0. The van der Waals surface area contributed by atoms with Crippen molar-refractivity contribution in [2.75, 3.05) is 0 Å². The number of hydrogen-bond donors (Lipinski definition) is 1. The molecule has 26 heavy (non-hydrogen) atoms. The zero-order chi connectivity index (χ0) is 17.9.